The van der Waals surface area contributed by atoms with Crippen LogP contribution in [0.3, 0.4) is 0 Å². The molecule has 1 aromatic carbocycles. The molecule has 0 aliphatic heterocycles. The monoisotopic (exact) mass is 441 g/mol. The Bertz CT molecular complexity index is 959. The molecule has 0 radical (unpaired) electrons. The van der Waals surface area contributed by atoms with E-state index in [2.05, 4.69) is 10.1 Å². The number of primary amides is 1. The Kier molecular flexibility index (Phi) is 6.37. The Hall–Kier alpha value is -2.59. The molecule has 162 valence electrons. The molecule has 1 unspecified atom stereocenters. The summed E-state index contributed by atoms with van der Waals surface area (Å²) in [7, 11) is 1.62. The van der Waals surface area contributed by atoms with E-state index in [9.17, 15) is 22.8 Å². The highest BCUT2D eigenvalue weighted by atomic mass is 32.1. The number of hydrogen-bond donors (Lipinski definition) is 2. The molecule has 1 aliphatic carbocycles. The molecule has 1 heterocycles. The maximum Gasteiger partial charge on any atom is 0.573 e. The van der Waals surface area contributed by atoms with Crippen LogP contribution in [-0.4, -0.2) is 36.2 Å². The van der Waals surface area contributed by atoms with Crippen molar-refractivity contribution in [2.75, 3.05) is 12.4 Å². The molecule has 6 nitrogen and oxygen atoms in total. The first-order valence-corrected chi connectivity index (χ1v) is 10.2. The summed E-state index contributed by atoms with van der Waals surface area (Å²) in [5, 5.41) is 3.20. The number of amides is 2. The van der Waals surface area contributed by atoms with Crippen LogP contribution in [-0.2, 0) is 24.2 Å². The lowest BCUT2D eigenvalue weighted by atomic mass is 10.1. The number of carbonyl (C=O) groups excluding carboxylic acids is 2. The molecule has 0 bridgehead atoms. The van der Waals surface area contributed by atoms with Crippen LogP contribution in [0.25, 0.3) is 0 Å². The lowest BCUT2D eigenvalue weighted by Gasteiger charge is -2.25. The van der Waals surface area contributed by atoms with Gasteiger partial charge in [0.25, 0.3) is 5.91 Å². The van der Waals surface area contributed by atoms with Crippen molar-refractivity contribution in [3.8, 4) is 5.75 Å². The van der Waals surface area contributed by atoms with E-state index in [1.54, 1.807) is 24.9 Å². The molecular formula is C20H22F3N3O3S. The molecule has 3 rings (SSSR count). The van der Waals surface area contributed by atoms with Crippen LogP contribution in [0.1, 0.15) is 39.7 Å². The second-order valence-corrected chi connectivity index (χ2v) is 8.27. The standard InChI is InChI=1S/C20H22F3N3O3S/c1-11(26(2)10-12-6-3-4-8-14(12)29-20(21,22)23)18(28)25-19-16(17(24)27)13-7-5-9-15(13)30-19/h3-4,6,8,11H,5,7,9-10H2,1-2H3,(H2,24,27)(H,25,28). The normalized spacial score (nSPS) is 14.5. The summed E-state index contributed by atoms with van der Waals surface area (Å²) in [4.78, 5) is 27.3. The van der Waals surface area contributed by atoms with Crippen molar-refractivity contribution in [2.24, 2.45) is 5.73 Å². The third kappa shape index (κ3) is 4.93. The van der Waals surface area contributed by atoms with Gasteiger partial charge in [-0.15, -0.1) is 24.5 Å². The molecular weight excluding hydrogens is 419 g/mol. The Morgan fingerprint density at radius 2 is 2.00 bits per heavy atom. The van der Waals surface area contributed by atoms with E-state index in [0.717, 1.165) is 29.7 Å². The number of para-hydroxylation sites is 1. The van der Waals surface area contributed by atoms with Gasteiger partial charge >= 0.3 is 6.36 Å². The highest BCUT2D eigenvalue weighted by molar-refractivity contribution is 7.17. The number of alkyl halides is 3. The van der Waals surface area contributed by atoms with E-state index in [-0.39, 0.29) is 18.2 Å². The van der Waals surface area contributed by atoms with Crippen molar-refractivity contribution in [1.82, 2.24) is 4.90 Å². The Morgan fingerprint density at radius 3 is 2.67 bits per heavy atom. The summed E-state index contributed by atoms with van der Waals surface area (Å²) in [6, 6.07) is 5.11. The summed E-state index contributed by atoms with van der Waals surface area (Å²) in [5.74, 6) is -1.27. The quantitative estimate of drug-likeness (QED) is 0.686. The molecule has 2 aromatic rings. The smallest absolute Gasteiger partial charge is 0.405 e. The van der Waals surface area contributed by atoms with Crippen LogP contribution in [0, 0.1) is 0 Å². The zero-order valence-corrected chi connectivity index (χ0v) is 17.3. The first kappa shape index (κ1) is 22.1. The van der Waals surface area contributed by atoms with Gasteiger partial charge in [0.2, 0.25) is 5.91 Å². The minimum Gasteiger partial charge on any atom is -0.405 e. The number of nitrogens with two attached hydrogens (primary N) is 1. The number of thiophene rings is 1. The number of ether oxygens (including phenoxy) is 1. The van der Waals surface area contributed by atoms with Gasteiger partial charge in [-0.3, -0.25) is 14.5 Å². The number of fused-ring (bicyclic) bond motifs is 1. The maximum absolute atomic E-state index is 12.8. The number of likely N-dealkylation sites (N-methyl/N-ethyl adjacent to an activating group) is 1. The number of hydrogen-bond acceptors (Lipinski definition) is 5. The van der Waals surface area contributed by atoms with Gasteiger partial charge in [0.15, 0.2) is 0 Å². The minimum atomic E-state index is -4.80. The van der Waals surface area contributed by atoms with E-state index in [0.29, 0.717) is 16.1 Å². The van der Waals surface area contributed by atoms with Crippen LogP contribution >= 0.6 is 11.3 Å². The first-order chi connectivity index (χ1) is 14.1. The van der Waals surface area contributed by atoms with Gasteiger partial charge in [0.1, 0.15) is 10.8 Å². The zero-order valence-electron chi connectivity index (χ0n) is 16.5. The van der Waals surface area contributed by atoms with Gasteiger partial charge in [-0.25, -0.2) is 0 Å². The van der Waals surface area contributed by atoms with Gasteiger partial charge in [-0.1, -0.05) is 18.2 Å². The fraction of sp³-hybridized carbons (Fsp3) is 0.400. The van der Waals surface area contributed by atoms with Gasteiger partial charge in [-0.05, 0) is 44.9 Å². The topological polar surface area (TPSA) is 84.7 Å². The van der Waals surface area contributed by atoms with Crippen LogP contribution in [0.2, 0.25) is 0 Å². The SMILES string of the molecule is CC(C(=O)Nc1sc2c(c1C(N)=O)CCC2)N(C)Cc1ccccc1OC(F)(F)F. The van der Waals surface area contributed by atoms with Crippen molar-refractivity contribution in [3.63, 3.8) is 0 Å². The molecule has 2 amide bonds. The largest absolute Gasteiger partial charge is 0.573 e. The third-order valence-electron chi connectivity index (χ3n) is 5.06. The molecule has 1 aromatic heterocycles. The van der Waals surface area contributed by atoms with Crippen molar-refractivity contribution in [2.45, 2.75) is 45.1 Å². The number of nitrogens with one attached hydrogen (secondary N) is 1. The molecule has 0 saturated heterocycles. The predicted molar refractivity (Wildman–Crippen MR) is 108 cm³/mol. The lowest BCUT2D eigenvalue weighted by Crippen LogP contribution is -2.39. The Morgan fingerprint density at radius 1 is 1.30 bits per heavy atom. The Balaban J connectivity index is 1.71. The molecule has 30 heavy (non-hydrogen) atoms. The summed E-state index contributed by atoms with van der Waals surface area (Å²) in [5.41, 5.74) is 7.07. The second-order valence-electron chi connectivity index (χ2n) is 7.16. The highest BCUT2D eigenvalue weighted by Gasteiger charge is 2.32. The van der Waals surface area contributed by atoms with E-state index in [1.165, 1.54) is 29.5 Å². The third-order valence-corrected chi connectivity index (χ3v) is 6.27. The summed E-state index contributed by atoms with van der Waals surface area (Å²) in [6.45, 7) is 1.69. The number of halogens is 3. The molecule has 0 fully saturated rings. The van der Waals surface area contributed by atoms with Gasteiger partial charge in [0, 0.05) is 17.0 Å². The van der Waals surface area contributed by atoms with Crippen LogP contribution in [0.15, 0.2) is 24.3 Å². The molecule has 1 aliphatic rings. The van der Waals surface area contributed by atoms with Crippen molar-refractivity contribution >= 4 is 28.2 Å². The minimum absolute atomic E-state index is 0.0600. The Labute approximate surface area is 175 Å². The molecule has 3 N–H and O–H groups in total. The lowest BCUT2D eigenvalue weighted by molar-refractivity contribution is -0.275. The predicted octanol–water partition coefficient (Wildman–Crippen LogP) is 3.69. The van der Waals surface area contributed by atoms with Crippen LogP contribution in [0.4, 0.5) is 18.2 Å². The second kappa shape index (κ2) is 8.65. The molecule has 1 atom stereocenters. The zero-order chi connectivity index (χ0) is 22.1. The highest BCUT2D eigenvalue weighted by Crippen LogP contribution is 2.39. The van der Waals surface area contributed by atoms with Gasteiger partial charge in [-0.2, -0.15) is 0 Å². The summed E-state index contributed by atoms with van der Waals surface area (Å²) >= 11 is 1.35. The van der Waals surface area contributed by atoms with E-state index in [4.69, 9.17) is 5.73 Å². The van der Waals surface area contributed by atoms with Gasteiger partial charge in [0.05, 0.1) is 11.6 Å². The number of nitrogens with zero attached hydrogens (tertiary/aromatic N) is 1. The van der Waals surface area contributed by atoms with E-state index < -0.39 is 18.3 Å². The molecule has 0 saturated carbocycles. The van der Waals surface area contributed by atoms with Crippen molar-refractivity contribution < 1.29 is 27.5 Å². The summed E-state index contributed by atoms with van der Waals surface area (Å²) < 4.78 is 41.9. The van der Waals surface area contributed by atoms with Crippen molar-refractivity contribution in [1.29, 1.82) is 0 Å². The summed E-state index contributed by atoms with van der Waals surface area (Å²) in [6.07, 6.45) is -2.25. The van der Waals surface area contributed by atoms with Gasteiger partial charge < -0.3 is 15.8 Å². The fourth-order valence-electron chi connectivity index (χ4n) is 3.43. The number of benzene rings is 1. The molecule has 10 heteroatoms. The van der Waals surface area contributed by atoms with Crippen LogP contribution < -0.4 is 15.8 Å². The number of carbonyl (C=O) groups is 2. The average molecular weight is 441 g/mol. The van der Waals surface area contributed by atoms with Crippen LogP contribution in [0.5, 0.6) is 5.75 Å². The first-order valence-electron chi connectivity index (χ1n) is 9.36. The maximum atomic E-state index is 12.8. The average Bonchev–Trinajstić information content (AvgIpc) is 3.21. The van der Waals surface area contributed by atoms with E-state index >= 15 is 0 Å². The number of aryl methyl sites for hydroxylation is 1. The fourth-order valence-corrected chi connectivity index (χ4v) is 4.73. The molecule has 0 spiro atoms. The van der Waals surface area contributed by atoms with Crippen molar-refractivity contribution in [3.05, 3.63) is 45.8 Å². The number of anilines is 1. The van der Waals surface area contributed by atoms with E-state index in [1.807, 2.05) is 0 Å². The number of rotatable bonds is 7.